The molecule has 0 radical (unpaired) electrons. The van der Waals surface area contributed by atoms with Crippen molar-refractivity contribution in [2.45, 2.75) is 31.9 Å². The van der Waals surface area contributed by atoms with E-state index in [1.54, 1.807) is 4.80 Å². The lowest BCUT2D eigenvalue weighted by atomic mass is 9.77. The fraction of sp³-hybridized carbons (Fsp3) is 0.163. The van der Waals surface area contributed by atoms with Gasteiger partial charge in [0.2, 0.25) is 5.82 Å². The highest BCUT2D eigenvalue weighted by Crippen LogP contribution is 2.41. The molecule has 0 N–H and O–H groups in total. The van der Waals surface area contributed by atoms with Gasteiger partial charge in [0, 0.05) is 36.5 Å². The van der Waals surface area contributed by atoms with Crippen LogP contribution in [0.5, 0.6) is 5.75 Å². The van der Waals surface area contributed by atoms with Crippen molar-refractivity contribution in [2.24, 2.45) is 0 Å². The second kappa shape index (κ2) is 13.4. The highest BCUT2D eigenvalue weighted by Gasteiger charge is 2.41. The van der Waals surface area contributed by atoms with E-state index in [4.69, 9.17) is 25.1 Å². The van der Waals surface area contributed by atoms with Gasteiger partial charge in [-0.3, -0.25) is 0 Å². The summed E-state index contributed by atoms with van der Waals surface area (Å²) in [6, 6.07) is 50.1. The Bertz CT molecular complexity index is 2120. The van der Waals surface area contributed by atoms with Gasteiger partial charge >= 0.3 is 0 Å². The molecule has 7 nitrogen and oxygen atoms in total. The van der Waals surface area contributed by atoms with Gasteiger partial charge in [0.1, 0.15) is 18.2 Å². The van der Waals surface area contributed by atoms with E-state index in [2.05, 4.69) is 133 Å². The maximum atomic E-state index is 6.56. The molecule has 7 heteroatoms. The van der Waals surface area contributed by atoms with E-state index in [1.807, 2.05) is 31.2 Å². The molecule has 7 aromatic rings. The molecule has 5 aromatic carbocycles. The van der Waals surface area contributed by atoms with Gasteiger partial charge in [-0.2, -0.15) is 0 Å². The van der Waals surface area contributed by atoms with Gasteiger partial charge < -0.3 is 9.64 Å². The first-order chi connectivity index (χ1) is 24.6. The van der Waals surface area contributed by atoms with Crippen LogP contribution in [0.25, 0.3) is 22.5 Å². The van der Waals surface area contributed by atoms with Crippen LogP contribution in [0, 0.1) is 6.92 Å². The zero-order valence-corrected chi connectivity index (χ0v) is 28.3. The molecule has 0 atom stereocenters. The van der Waals surface area contributed by atoms with E-state index >= 15 is 0 Å². The third-order valence-corrected chi connectivity index (χ3v) is 9.56. The van der Waals surface area contributed by atoms with Gasteiger partial charge in [-0.1, -0.05) is 133 Å². The Morgan fingerprint density at radius 3 is 1.92 bits per heavy atom. The van der Waals surface area contributed by atoms with E-state index in [0.717, 1.165) is 75.6 Å². The number of tetrazole rings is 1. The normalized spacial score (nSPS) is 12.8. The minimum Gasteiger partial charge on any atom is -0.488 e. The Morgan fingerprint density at radius 1 is 0.700 bits per heavy atom. The number of benzene rings is 5. The Hall–Kier alpha value is -6.08. The Balaban J connectivity index is 1.25. The van der Waals surface area contributed by atoms with Crippen molar-refractivity contribution in [3.8, 4) is 28.3 Å². The summed E-state index contributed by atoms with van der Waals surface area (Å²) in [4.78, 5) is 8.82. The molecule has 0 saturated heterocycles. The third-order valence-electron chi connectivity index (χ3n) is 9.56. The number of ether oxygens (including phenoxy) is 1. The average molecular weight is 655 g/mol. The van der Waals surface area contributed by atoms with E-state index in [1.165, 1.54) is 5.56 Å². The molecule has 2 aromatic heterocycles. The predicted molar refractivity (Wildman–Crippen MR) is 198 cm³/mol. The largest absolute Gasteiger partial charge is 0.488 e. The summed E-state index contributed by atoms with van der Waals surface area (Å²) in [7, 11) is 2.10. The first kappa shape index (κ1) is 31.2. The van der Waals surface area contributed by atoms with Crippen LogP contribution in [-0.4, -0.2) is 38.8 Å². The van der Waals surface area contributed by atoms with Gasteiger partial charge in [-0.25, -0.2) is 4.98 Å². The second-order valence-corrected chi connectivity index (χ2v) is 12.8. The maximum Gasteiger partial charge on any atom is 0.205 e. The first-order valence-corrected chi connectivity index (χ1v) is 17.1. The first-order valence-electron chi connectivity index (χ1n) is 17.1. The zero-order valence-electron chi connectivity index (χ0n) is 28.3. The maximum absolute atomic E-state index is 6.56. The van der Waals surface area contributed by atoms with E-state index in [9.17, 15) is 0 Å². The topological polar surface area (TPSA) is 69.0 Å². The van der Waals surface area contributed by atoms with Gasteiger partial charge in [0.25, 0.3) is 0 Å². The third kappa shape index (κ3) is 5.71. The highest BCUT2D eigenvalue weighted by molar-refractivity contribution is 5.81. The summed E-state index contributed by atoms with van der Waals surface area (Å²) in [5.41, 5.74) is 8.37. The molecule has 0 aliphatic carbocycles. The van der Waals surface area contributed by atoms with E-state index < -0.39 is 5.54 Å². The summed E-state index contributed by atoms with van der Waals surface area (Å²) in [5, 5.41) is 14.9. The van der Waals surface area contributed by atoms with Crippen LogP contribution in [0.15, 0.2) is 146 Å². The molecular weight excluding hydrogens is 617 g/mol. The smallest absolute Gasteiger partial charge is 0.205 e. The molecule has 0 amide bonds. The Kier molecular flexibility index (Phi) is 8.39. The lowest BCUT2D eigenvalue weighted by molar-refractivity contribution is 0.301. The van der Waals surface area contributed by atoms with Crippen molar-refractivity contribution in [2.75, 3.05) is 18.5 Å². The standard InChI is InChI=1S/C43H38N6O/c1-31-28-40(38-24-15-27-48(2)42(38)44-31)50-30-32-25-26-37(33-16-7-3-8-17-33)39(29-32)41-45-47-49(46-41)43(34-18-9-4-10-19-34,35-20-11-5-12-21-35)36-22-13-6-14-23-36/h3-14,16-23,25-26,28-29H,15,24,27,30H2,1-2H3. The van der Waals surface area contributed by atoms with Crippen LogP contribution in [0.4, 0.5) is 5.82 Å². The number of aryl methyl sites for hydroxylation is 1. The molecule has 246 valence electrons. The number of fused-ring (bicyclic) bond motifs is 1. The summed E-state index contributed by atoms with van der Waals surface area (Å²) >= 11 is 0. The van der Waals surface area contributed by atoms with Crippen molar-refractivity contribution >= 4 is 5.82 Å². The number of anilines is 1. The highest BCUT2D eigenvalue weighted by atomic mass is 16.5. The summed E-state index contributed by atoms with van der Waals surface area (Å²) in [6.45, 7) is 3.43. The monoisotopic (exact) mass is 654 g/mol. The van der Waals surface area contributed by atoms with Crippen molar-refractivity contribution in [1.29, 1.82) is 0 Å². The number of hydrogen-bond acceptors (Lipinski definition) is 6. The van der Waals surface area contributed by atoms with Crippen LogP contribution in [0.1, 0.15) is 39.9 Å². The minimum absolute atomic E-state index is 0.401. The van der Waals surface area contributed by atoms with Gasteiger partial charge in [-0.05, 0) is 64.4 Å². The molecule has 0 fully saturated rings. The molecule has 0 unspecified atom stereocenters. The SMILES string of the molecule is Cc1cc(OCc2ccc(-c3ccccc3)c(-c3nnn(C(c4ccccc4)(c4ccccc4)c4ccccc4)n3)c2)c2c(n1)N(C)CCC2. The van der Waals surface area contributed by atoms with Gasteiger partial charge in [-0.15, -0.1) is 15.0 Å². The predicted octanol–water partition coefficient (Wildman–Crippen LogP) is 8.51. The molecular formula is C43H38N6O. The van der Waals surface area contributed by atoms with Crippen LogP contribution in [0.2, 0.25) is 0 Å². The summed E-state index contributed by atoms with van der Waals surface area (Å²) in [6.07, 6.45) is 2.04. The minimum atomic E-state index is -0.867. The fourth-order valence-corrected chi connectivity index (χ4v) is 7.18. The number of hydrogen-bond donors (Lipinski definition) is 0. The van der Waals surface area contributed by atoms with Crippen molar-refractivity contribution in [3.05, 3.63) is 179 Å². The van der Waals surface area contributed by atoms with Crippen LogP contribution in [0.3, 0.4) is 0 Å². The quantitative estimate of drug-likeness (QED) is 0.145. The molecule has 50 heavy (non-hydrogen) atoms. The molecule has 1 aliphatic rings. The Morgan fingerprint density at radius 2 is 1.30 bits per heavy atom. The van der Waals surface area contributed by atoms with Gasteiger partial charge in [0.05, 0.1) is 0 Å². The number of rotatable bonds is 9. The fourth-order valence-electron chi connectivity index (χ4n) is 7.18. The lowest BCUT2D eigenvalue weighted by Gasteiger charge is -2.34. The van der Waals surface area contributed by atoms with Crippen LogP contribution >= 0.6 is 0 Å². The second-order valence-electron chi connectivity index (χ2n) is 12.8. The van der Waals surface area contributed by atoms with Gasteiger partial charge in [0.15, 0.2) is 5.54 Å². The van der Waals surface area contributed by atoms with Crippen LogP contribution < -0.4 is 9.64 Å². The molecule has 1 aliphatic heterocycles. The van der Waals surface area contributed by atoms with Crippen LogP contribution in [-0.2, 0) is 18.6 Å². The number of nitrogens with zero attached hydrogens (tertiary/aromatic N) is 6. The average Bonchev–Trinajstić information content (AvgIpc) is 3.67. The van der Waals surface area contributed by atoms with Crippen molar-refractivity contribution < 1.29 is 4.74 Å². The molecule has 3 heterocycles. The van der Waals surface area contributed by atoms with E-state index in [0.29, 0.717) is 12.4 Å². The molecule has 0 bridgehead atoms. The molecule has 0 saturated carbocycles. The number of aromatic nitrogens is 5. The summed E-state index contributed by atoms with van der Waals surface area (Å²) < 4.78 is 6.56. The molecule has 8 rings (SSSR count). The summed E-state index contributed by atoms with van der Waals surface area (Å²) in [5.74, 6) is 2.46. The Labute approximate surface area is 292 Å². The zero-order chi connectivity index (χ0) is 33.9. The molecule has 0 spiro atoms. The number of pyridine rings is 1. The van der Waals surface area contributed by atoms with Crippen molar-refractivity contribution in [1.82, 2.24) is 25.2 Å². The van der Waals surface area contributed by atoms with E-state index in [-0.39, 0.29) is 0 Å². The lowest BCUT2D eigenvalue weighted by Crippen LogP contribution is -2.39. The van der Waals surface area contributed by atoms with Crippen molar-refractivity contribution in [3.63, 3.8) is 0 Å².